The van der Waals surface area contributed by atoms with E-state index in [9.17, 15) is 32.9 Å². The van der Waals surface area contributed by atoms with Gasteiger partial charge in [0.2, 0.25) is 0 Å². The van der Waals surface area contributed by atoms with Gasteiger partial charge in [-0.3, -0.25) is 14.9 Å². The molecule has 0 heterocycles. The average molecular weight is 531 g/mol. The summed E-state index contributed by atoms with van der Waals surface area (Å²) in [5.41, 5.74) is -2.06. The van der Waals surface area contributed by atoms with Crippen LogP contribution in [0.15, 0.2) is 36.4 Å². The molecule has 1 unspecified atom stereocenters. The summed E-state index contributed by atoms with van der Waals surface area (Å²) in [5, 5.41) is 11.2. The molecule has 0 spiro atoms. The minimum absolute atomic E-state index is 0.104. The number of alkyl halides is 3. The molecule has 1 atom stereocenters. The van der Waals surface area contributed by atoms with Crippen LogP contribution in [-0.4, -0.2) is 40.9 Å². The summed E-state index contributed by atoms with van der Waals surface area (Å²) in [5.74, 6) is -1.78. The Hall–Kier alpha value is -3.34. The van der Waals surface area contributed by atoms with Crippen LogP contribution in [-0.2, 0) is 15.7 Å². The average Bonchev–Trinajstić information content (AvgIpc) is 2.82. The normalized spacial score (nSPS) is 12.1. The second-order valence-electron chi connectivity index (χ2n) is 7.81. The lowest BCUT2D eigenvalue weighted by atomic mass is 10.1. The second-order valence-corrected chi connectivity index (χ2v) is 8.22. The van der Waals surface area contributed by atoms with Gasteiger partial charge in [0.25, 0.3) is 11.6 Å². The van der Waals surface area contributed by atoms with Crippen molar-refractivity contribution in [2.75, 3.05) is 13.1 Å². The monoisotopic (exact) mass is 530 g/mol. The van der Waals surface area contributed by atoms with E-state index in [1.54, 1.807) is 11.8 Å². The van der Waals surface area contributed by atoms with Gasteiger partial charge in [0.1, 0.15) is 17.1 Å². The molecule has 2 aromatic carbocycles. The molecule has 0 saturated heterocycles. The Morgan fingerprint density at radius 3 is 2.22 bits per heavy atom. The molecule has 12 heteroatoms. The van der Waals surface area contributed by atoms with E-state index in [1.165, 1.54) is 0 Å². The number of nitro benzene ring substituents is 1. The maximum absolute atomic E-state index is 12.9. The summed E-state index contributed by atoms with van der Waals surface area (Å²) in [6.07, 6.45) is -4.20. The van der Waals surface area contributed by atoms with Crippen LogP contribution in [0.5, 0.6) is 11.5 Å². The zero-order chi connectivity index (χ0) is 27.0. The van der Waals surface area contributed by atoms with Gasteiger partial charge in [0, 0.05) is 25.2 Å². The number of carbonyl (C=O) groups is 2. The summed E-state index contributed by atoms with van der Waals surface area (Å²) in [6.45, 7) is 6.39. The Labute approximate surface area is 211 Å². The smallest absolute Gasteiger partial charge is 0.416 e. The SMILES string of the molecule is CCCN(CCC)C(=O)C(CC)OC(=O)c1cc(Oc2ccc(C(F)(F)F)cc2Cl)ccc1[N+](=O)[O-]. The highest BCUT2D eigenvalue weighted by atomic mass is 35.5. The first-order valence-corrected chi connectivity index (χ1v) is 11.6. The maximum Gasteiger partial charge on any atom is 0.416 e. The number of rotatable bonds is 11. The van der Waals surface area contributed by atoms with E-state index < -0.39 is 45.9 Å². The molecule has 0 bridgehead atoms. The minimum atomic E-state index is -4.61. The second kappa shape index (κ2) is 12.6. The van der Waals surface area contributed by atoms with Gasteiger partial charge < -0.3 is 14.4 Å². The molecule has 0 aliphatic carbocycles. The van der Waals surface area contributed by atoms with Gasteiger partial charge in [-0.2, -0.15) is 13.2 Å². The first kappa shape index (κ1) is 28.9. The van der Waals surface area contributed by atoms with Crippen molar-refractivity contribution in [3.8, 4) is 11.5 Å². The molecule has 0 aromatic heterocycles. The van der Waals surface area contributed by atoms with Crippen molar-refractivity contribution in [3.63, 3.8) is 0 Å². The van der Waals surface area contributed by atoms with Gasteiger partial charge >= 0.3 is 12.1 Å². The lowest BCUT2D eigenvalue weighted by Crippen LogP contribution is -2.42. The third-order valence-electron chi connectivity index (χ3n) is 5.07. The molecular weight excluding hydrogens is 505 g/mol. The fourth-order valence-electron chi connectivity index (χ4n) is 3.36. The molecular formula is C24H26ClF3N2O6. The van der Waals surface area contributed by atoms with Crippen LogP contribution in [0, 0.1) is 10.1 Å². The van der Waals surface area contributed by atoms with Crippen LogP contribution in [0.3, 0.4) is 0 Å². The highest BCUT2D eigenvalue weighted by molar-refractivity contribution is 6.32. The standard InChI is InChI=1S/C24H26ClF3N2O6/c1-4-11-29(12-5-2)22(31)20(6-3)36-23(32)17-14-16(8-9-19(17)30(33)34)35-21-10-7-15(13-18(21)25)24(26,27)28/h7-10,13-14,20H,4-6,11-12H2,1-3H3. The Balaban J connectivity index is 2.33. The van der Waals surface area contributed by atoms with Crippen molar-refractivity contribution < 1.29 is 37.2 Å². The number of hydrogen-bond donors (Lipinski definition) is 0. The van der Waals surface area contributed by atoms with E-state index in [4.69, 9.17) is 21.1 Å². The molecule has 2 aromatic rings. The molecule has 2 rings (SSSR count). The van der Waals surface area contributed by atoms with Gasteiger partial charge in [-0.25, -0.2) is 4.79 Å². The van der Waals surface area contributed by atoms with Gasteiger partial charge in [-0.05, 0) is 43.5 Å². The number of esters is 1. The molecule has 0 aliphatic rings. The predicted octanol–water partition coefficient (Wildman–Crippen LogP) is 6.64. The summed E-state index contributed by atoms with van der Waals surface area (Å²) in [7, 11) is 0. The Bertz CT molecular complexity index is 1100. The highest BCUT2D eigenvalue weighted by Crippen LogP contribution is 2.37. The van der Waals surface area contributed by atoms with Crippen LogP contribution < -0.4 is 4.74 Å². The highest BCUT2D eigenvalue weighted by Gasteiger charge is 2.32. The molecule has 0 aliphatic heterocycles. The van der Waals surface area contributed by atoms with Gasteiger partial charge in [-0.1, -0.05) is 32.4 Å². The molecule has 1 amide bonds. The summed E-state index contributed by atoms with van der Waals surface area (Å²) in [4.78, 5) is 38.1. The van der Waals surface area contributed by atoms with E-state index in [0.29, 0.717) is 32.0 Å². The Morgan fingerprint density at radius 2 is 1.72 bits per heavy atom. The van der Waals surface area contributed by atoms with Crippen molar-refractivity contribution in [1.82, 2.24) is 4.90 Å². The van der Waals surface area contributed by atoms with Crippen molar-refractivity contribution in [2.45, 2.75) is 52.3 Å². The molecule has 0 fully saturated rings. The lowest BCUT2D eigenvalue weighted by Gasteiger charge is -2.26. The van der Waals surface area contributed by atoms with Gasteiger partial charge in [0.05, 0.1) is 15.5 Å². The van der Waals surface area contributed by atoms with Gasteiger partial charge in [-0.15, -0.1) is 0 Å². The fraction of sp³-hybridized carbons (Fsp3) is 0.417. The zero-order valence-corrected chi connectivity index (χ0v) is 20.7. The van der Waals surface area contributed by atoms with Crippen molar-refractivity contribution in [1.29, 1.82) is 0 Å². The molecule has 8 nitrogen and oxygen atoms in total. The van der Waals surface area contributed by atoms with Crippen molar-refractivity contribution in [3.05, 3.63) is 62.7 Å². The number of nitrogens with zero attached hydrogens (tertiary/aromatic N) is 2. The van der Waals surface area contributed by atoms with Crippen LogP contribution >= 0.6 is 11.6 Å². The van der Waals surface area contributed by atoms with E-state index >= 15 is 0 Å². The Kier molecular flexibility index (Phi) is 10.1. The maximum atomic E-state index is 12.9. The summed E-state index contributed by atoms with van der Waals surface area (Å²) >= 11 is 5.91. The van der Waals surface area contributed by atoms with Crippen molar-refractivity contribution in [2.24, 2.45) is 0 Å². The minimum Gasteiger partial charge on any atom is -0.456 e. The van der Waals surface area contributed by atoms with Crippen LogP contribution in [0.25, 0.3) is 0 Å². The largest absolute Gasteiger partial charge is 0.456 e. The number of hydrogen-bond acceptors (Lipinski definition) is 6. The molecule has 196 valence electrons. The summed E-state index contributed by atoms with van der Waals surface area (Å²) < 4.78 is 49.4. The molecule has 36 heavy (non-hydrogen) atoms. The van der Waals surface area contributed by atoms with Crippen LogP contribution in [0.4, 0.5) is 18.9 Å². The lowest BCUT2D eigenvalue weighted by molar-refractivity contribution is -0.385. The fourth-order valence-corrected chi connectivity index (χ4v) is 3.58. The Morgan fingerprint density at radius 1 is 1.08 bits per heavy atom. The van der Waals surface area contributed by atoms with Gasteiger partial charge in [0.15, 0.2) is 6.10 Å². The third kappa shape index (κ3) is 7.33. The third-order valence-corrected chi connectivity index (χ3v) is 5.36. The van der Waals surface area contributed by atoms with Crippen LogP contribution in [0.1, 0.15) is 56.0 Å². The number of carbonyl (C=O) groups excluding carboxylic acids is 2. The van der Waals surface area contributed by atoms with E-state index in [2.05, 4.69) is 0 Å². The molecule has 0 N–H and O–H groups in total. The number of amides is 1. The zero-order valence-electron chi connectivity index (χ0n) is 19.9. The first-order valence-electron chi connectivity index (χ1n) is 11.3. The van der Waals surface area contributed by atoms with Crippen molar-refractivity contribution >= 4 is 29.2 Å². The summed E-state index contributed by atoms with van der Waals surface area (Å²) in [6, 6.07) is 5.60. The van der Waals surface area contributed by atoms with E-state index in [0.717, 1.165) is 30.3 Å². The predicted molar refractivity (Wildman–Crippen MR) is 126 cm³/mol. The molecule has 0 saturated carbocycles. The first-order chi connectivity index (χ1) is 16.9. The number of ether oxygens (including phenoxy) is 2. The molecule has 0 radical (unpaired) electrons. The quantitative estimate of drug-likeness (QED) is 0.183. The number of nitro groups is 1. The van der Waals surface area contributed by atoms with E-state index in [-0.39, 0.29) is 22.9 Å². The topological polar surface area (TPSA) is 99.0 Å². The number of benzene rings is 2. The van der Waals surface area contributed by atoms with E-state index in [1.807, 2.05) is 13.8 Å². The van der Waals surface area contributed by atoms with Crippen LogP contribution in [0.2, 0.25) is 5.02 Å². The number of halogens is 4.